The molecule has 0 N–H and O–H groups in total. The van der Waals surface area contributed by atoms with Gasteiger partial charge in [-0.3, -0.25) is 4.79 Å². The Morgan fingerprint density at radius 2 is 1.74 bits per heavy atom. The highest BCUT2D eigenvalue weighted by molar-refractivity contribution is 6.00. The molecule has 0 unspecified atom stereocenters. The second kappa shape index (κ2) is 7.38. The van der Waals surface area contributed by atoms with Crippen LogP contribution in [0.3, 0.4) is 0 Å². The second-order valence-electron chi connectivity index (χ2n) is 6.13. The molecule has 0 spiro atoms. The first kappa shape index (κ1) is 16.9. The van der Waals surface area contributed by atoms with Crippen molar-refractivity contribution < 1.29 is 18.7 Å². The van der Waals surface area contributed by atoms with Crippen LogP contribution < -0.4 is 9.47 Å². The van der Waals surface area contributed by atoms with E-state index >= 15 is 0 Å². The van der Waals surface area contributed by atoms with Crippen molar-refractivity contribution >= 4 is 17.3 Å². The third kappa shape index (κ3) is 3.42. The largest absolute Gasteiger partial charge is 0.493 e. The molecule has 0 saturated carbocycles. The lowest BCUT2D eigenvalue weighted by Crippen LogP contribution is -1.94. The molecule has 1 heterocycles. The van der Waals surface area contributed by atoms with Gasteiger partial charge in [0.15, 0.2) is 17.6 Å². The van der Waals surface area contributed by atoms with Crippen molar-refractivity contribution in [2.75, 3.05) is 7.11 Å². The van der Waals surface area contributed by atoms with E-state index in [0.29, 0.717) is 29.3 Å². The fourth-order valence-electron chi connectivity index (χ4n) is 2.98. The first-order valence-electron chi connectivity index (χ1n) is 8.61. The topological polar surface area (TPSA) is 48.7 Å². The molecule has 0 aliphatic rings. The van der Waals surface area contributed by atoms with Crippen LogP contribution in [0.2, 0.25) is 0 Å². The molecule has 1 aromatic heterocycles. The number of fused-ring (bicyclic) bond motifs is 1. The van der Waals surface area contributed by atoms with E-state index in [1.807, 2.05) is 60.7 Å². The van der Waals surface area contributed by atoms with Crippen LogP contribution in [0, 0.1) is 0 Å². The maximum absolute atomic E-state index is 11.3. The van der Waals surface area contributed by atoms with Crippen LogP contribution in [0.4, 0.5) is 0 Å². The minimum atomic E-state index is 0.519. The second-order valence-corrected chi connectivity index (χ2v) is 6.13. The summed E-state index contributed by atoms with van der Waals surface area (Å²) >= 11 is 0. The fourth-order valence-corrected chi connectivity index (χ4v) is 2.98. The Morgan fingerprint density at radius 3 is 2.44 bits per heavy atom. The van der Waals surface area contributed by atoms with Crippen molar-refractivity contribution in [3.63, 3.8) is 0 Å². The molecule has 4 heteroatoms. The van der Waals surface area contributed by atoms with Gasteiger partial charge in [-0.05, 0) is 48.0 Å². The number of benzene rings is 3. The van der Waals surface area contributed by atoms with Gasteiger partial charge in [0.1, 0.15) is 18.1 Å². The highest BCUT2D eigenvalue weighted by Crippen LogP contribution is 2.35. The van der Waals surface area contributed by atoms with Gasteiger partial charge >= 0.3 is 0 Å². The molecule has 0 amide bonds. The SMILES string of the molecule is COc1ccc(C=O)c2cc(-c3ccc(OCc4ccccc4)cc3)oc12. The standard InChI is InChI=1S/C23H18O4/c1-25-21-12-9-18(14-24)20-13-22(27-23(20)21)17-7-10-19(11-8-17)26-15-16-5-3-2-4-6-16/h2-14H,15H2,1H3. The average molecular weight is 358 g/mol. The van der Waals surface area contributed by atoms with Gasteiger partial charge in [0.25, 0.3) is 0 Å². The molecule has 0 aliphatic carbocycles. The highest BCUT2D eigenvalue weighted by Gasteiger charge is 2.14. The summed E-state index contributed by atoms with van der Waals surface area (Å²) in [5.74, 6) is 2.06. The van der Waals surface area contributed by atoms with Crippen LogP contribution in [0.25, 0.3) is 22.3 Å². The summed E-state index contributed by atoms with van der Waals surface area (Å²) in [4.78, 5) is 11.3. The summed E-state index contributed by atoms with van der Waals surface area (Å²) < 4.78 is 17.1. The average Bonchev–Trinajstić information content (AvgIpc) is 3.18. The Morgan fingerprint density at radius 1 is 0.963 bits per heavy atom. The van der Waals surface area contributed by atoms with Crippen LogP contribution in [-0.4, -0.2) is 13.4 Å². The Hall–Kier alpha value is -3.53. The van der Waals surface area contributed by atoms with Crippen molar-refractivity contribution in [1.29, 1.82) is 0 Å². The third-order valence-corrected chi connectivity index (χ3v) is 4.42. The zero-order valence-corrected chi connectivity index (χ0v) is 14.8. The minimum Gasteiger partial charge on any atom is -0.493 e. The maximum Gasteiger partial charge on any atom is 0.177 e. The van der Waals surface area contributed by atoms with E-state index in [1.54, 1.807) is 19.2 Å². The molecular formula is C23H18O4. The van der Waals surface area contributed by atoms with Crippen molar-refractivity contribution in [2.24, 2.45) is 0 Å². The van der Waals surface area contributed by atoms with E-state index in [-0.39, 0.29) is 0 Å². The van der Waals surface area contributed by atoms with E-state index in [9.17, 15) is 4.79 Å². The minimum absolute atomic E-state index is 0.519. The maximum atomic E-state index is 11.3. The molecule has 0 aliphatic heterocycles. The smallest absolute Gasteiger partial charge is 0.177 e. The summed E-state index contributed by atoms with van der Waals surface area (Å²) in [5, 5.41) is 0.740. The van der Waals surface area contributed by atoms with Crippen LogP contribution in [-0.2, 0) is 6.61 Å². The molecule has 4 rings (SSSR count). The number of carbonyl (C=O) groups is 1. The number of ether oxygens (including phenoxy) is 2. The Bertz CT molecular complexity index is 1060. The predicted molar refractivity (Wildman–Crippen MR) is 104 cm³/mol. The Labute approximate surface area is 157 Å². The molecule has 0 saturated heterocycles. The molecule has 4 nitrogen and oxygen atoms in total. The van der Waals surface area contributed by atoms with E-state index in [1.165, 1.54) is 0 Å². The molecule has 0 radical (unpaired) electrons. The van der Waals surface area contributed by atoms with Crippen molar-refractivity contribution in [1.82, 2.24) is 0 Å². The monoisotopic (exact) mass is 358 g/mol. The summed E-state index contributed by atoms with van der Waals surface area (Å²) in [5.41, 5.74) is 3.16. The van der Waals surface area contributed by atoms with Gasteiger partial charge in [0.2, 0.25) is 0 Å². The van der Waals surface area contributed by atoms with Gasteiger partial charge in [0, 0.05) is 16.5 Å². The van der Waals surface area contributed by atoms with Gasteiger partial charge in [-0.25, -0.2) is 0 Å². The fraction of sp³-hybridized carbons (Fsp3) is 0.0870. The van der Waals surface area contributed by atoms with Crippen molar-refractivity contribution in [3.05, 3.63) is 83.9 Å². The number of furan rings is 1. The zero-order valence-electron chi connectivity index (χ0n) is 14.8. The van der Waals surface area contributed by atoms with Gasteiger partial charge in [-0.15, -0.1) is 0 Å². The van der Waals surface area contributed by atoms with Gasteiger partial charge in [-0.2, -0.15) is 0 Å². The predicted octanol–water partition coefficient (Wildman–Crippen LogP) is 5.50. The first-order valence-corrected chi connectivity index (χ1v) is 8.61. The molecule has 3 aromatic carbocycles. The normalized spacial score (nSPS) is 10.7. The van der Waals surface area contributed by atoms with Crippen molar-refractivity contribution in [3.8, 4) is 22.8 Å². The van der Waals surface area contributed by atoms with Crippen molar-refractivity contribution in [2.45, 2.75) is 6.61 Å². The van der Waals surface area contributed by atoms with E-state index in [0.717, 1.165) is 28.5 Å². The summed E-state index contributed by atoms with van der Waals surface area (Å²) in [6, 6.07) is 23.0. The highest BCUT2D eigenvalue weighted by atomic mass is 16.5. The van der Waals surface area contributed by atoms with Crippen LogP contribution in [0.5, 0.6) is 11.5 Å². The lowest BCUT2D eigenvalue weighted by Gasteiger charge is -2.06. The zero-order chi connectivity index (χ0) is 18.6. The molecule has 0 bridgehead atoms. The van der Waals surface area contributed by atoms with E-state index in [2.05, 4.69) is 0 Å². The summed E-state index contributed by atoms with van der Waals surface area (Å²) in [6.45, 7) is 0.519. The Balaban J connectivity index is 1.59. The number of rotatable bonds is 6. The number of hydrogen-bond donors (Lipinski definition) is 0. The third-order valence-electron chi connectivity index (χ3n) is 4.42. The van der Waals surface area contributed by atoms with Crippen LogP contribution in [0.15, 0.2) is 77.2 Å². The number of hydrogen-bond acceptors (Lipinski definition) is 4. The molecule has 134 valence electrons. The van der Waals surface area contributed by atoms with Crippen LogP contribution in [0.1, 0.15) is 15.9 Å². The number of aldehydes is 1. The molecule has 4 aromatic rings. The first-order chi connectivity index (χ1) is 13.3. The van der Waals surface area contributed by atoms with Gasteiger partial charge in [0.05, 0.1) is 7.11 Å². The molecular weight excluding hydrogens is 340 g/mol. The van der Waals surface area contributed by atoms with Crippen LogP contribution >= 0.6 is 0 Å². The Kier molecular flexibility index (Phi) is 4.62. The summed E-state index contributed by atoms with van der Waals surface area (Å²) in [6.07, 6.45) is 0.821. The van der Waals surface area contributed by atoms with Gasteiger partial charge < -0.3 is 13.9 Å². The molecule has 27 heavy (non-hydrogen) atoms. The van der Waals surface area contributed by atoms with Gasteiger partial charge in [-0.1, -0.05) is 30.3 Å². The molecule has 0 fully saturated rings. The summed E-state index contributed by atoms with van der Waals surface area (Å²) in [7, 11) is 1.58. The molecule has 0 atom stereocenters. The number of methoxy groups -OCH3 is 1. The van der Waals surface area contributed by atoms with E-state index < -0.39 is 0 Å². The lowest BCUT2D eigenvalue weighted by atomic mass is 10.1. The number of carbonyl (C=O) groups excluding carboxylic acids is 1. The lowest BCUT2D eigenvalue weighted by molar-refractivity contribution is 0.112. The quantitative estimate of drug-likeness (QED) is 0.427. The van der Waals surface area contributed by atoms with E-state index in [4.69, 9.17) is 13.9 Å².